The zero-order valence-corrected chi connectivity index (χ0v) is 25.1. The van der Waals surface area contributed by atoms with Crippen LogP contribution in [0.15, 0.2) is 83.8 Å². The Kier molecular flexibility index (Phi) is 10.2. The standard InChI is InChI=1S/C33H41N3O4S/c1-4-31(33(38)34-28-16-7-5-8-17-28)35(23-27-15-11-13-25(2)21-27)32(37)24-36(29-18-12-14-26(3)22-29)41(39,40)30-19-9-6-10-20-30/h6,9-15,18-22,28,31H,4-5,7-8,16-17,23-24H2,1-3H3,(H,34,38). The first kappa shape index (κ1) is 30.3. The van der Waals surface area contributed by atoms with E-state index in [2.05, 4.69) is 5.32 Å². The molecule has 1 N–H and O–H groups in total. The van der Waals surface area contributed by atoms with Gasteiger partial charge in [-0.3, -0.25) is 13.9 Å². The number of nitrogens with zero attached hydrogens (tertiary/aromatic N) is 2. The van der Waals surface area contributed by atoms with Crippen molar-refractivity contribution < 1.29 is 18.0 Å². The molecule has 0 heterocycles. The summed E-state index contributed by atoms with van der Waals surface area (Å²) in [6.45, 7) is 5.52. The molecule has 3 aromatic carbocycles. The number of hydrogen-bond donors (Lipinski definition) is 1. The third-order valence-electron chi connectivity index (χ3n) is 7.67. The summed E-state index contributed by atoms with van der Waals surface area (Å²) in [5, 5.41) is 3.19. The quantitative estimate of drug-likeness (QED) is 0.315. The predicted molar refractivity (Wildman–Crippen MR) is 163 cm³/mol. The van der Waals surface area contributed by atoms with Crippen molar-refractivity contribution in [1.29, 1.82) is 0 Å². The fraction of sp³-hybridized carbons (Fsp3) is 0.394. The third kappa shape index (κ3) is 7.76. The van der Waals surface area contributed by atoms with Crippen LogP contribution < -0.4 is 9.62 Å². The third-order valence-corrected chi connectivity index (χ3v) is 9.46. The molecule has 7 nitrogen and oxygen atoms in total. The van der Waals surface area contributed by atoms with Gasteiger partial charge in [-0.15, -0.1) is 0 Å². The number of benzene rings is 3. The van der Waals surface area contributed by atoms with E-state index < -0.39 is 28.5 Å². The Morgan fingerprint density at radius 3 is 2.17 bits per heavy atom. The minimum atomic E-state index is -4.07. The number of amides is 2. The number of nitrogens with one attached hydrogen (secondary N) is 1. The van der Waals surface area contributed by atoms with Gasteiger partial charge in [0.1, 0.15) is 12.6 Å². The van der Waals surface area contributed by atoms with Gasteiger partial charge < -0.3 is 10.2 Å². The summed E-state index contributed by atoms with van der Waals surface area (Å²) in [4.78, 5) is 29.5. The SMILES string of the molecule is CCC(C(=O)NC1CCCCC1)N(Cc1cccc(C)c1)C(=O)CN(c1cccc(C)c1)S(=O)(=O)c1ccccc1. The summed E-state index contributed by atoms with van der Waals surface area (Å²) in [5.41, 5.74) is 3.20. The zero-order valence-electron chi connectivity index (χ0n) is 24.3. The van der Waals surface area contributed by atoms with Crippen LogP contribution >= 0.6 is 0 Å². The van der Waals surface area contributed by atoms with E-state index in [-0.39, 0.29) is 23.4 Å². The van der Waals surface area contributed by atoms with Gasteiger partial charge in [-0.05, 0) is 68.5 Å². The van der Waals surface area contributed by atoms with Gasteiger partial charge in [-0.1, -0.05) is 86.3 Å². The van der Waals surface area contributed by atoms with Gasteiger partial charge in [0, 0.05) is 12.6 Å². The molecule has 0 aromatic heterocycles. The van der Waals surface area contributed by atoms with E-state index in [1.54, 1.807) is 41.3 Å². The molecule has 4 rings (SSSR count). The average molecular weight is 576 g/mol. The second-order valence-corrected chi connectivity index (χ2v) is 12.8. The number of aryl methyl sites for hydroxylation is 2. The van der Waals surface area contributed by atoms with Crippen molar-refractivity contribution in [3.05, 3.63) is 95.6 Å². The summed E-state index contributed by atoms with van der Waals surface area (Å²) in [7, 11) is -4.07. The number of carbonyl (C=O) groups is 2. The Balaban J connectivity index is 1.70. The Morgan fingerprint density at radius 1 is 0.878 bits per heavy atom. The van der Waals surface area contributed by atoms with Gasteiger partial charge in [0.05, 0.1) is 10.6 Å². The van der Waals surface area contributed by atoms with E-state index in [9.17, 15) is 18.0 Å². The number of anilines is 1. The fourth-order valence-electron chi connectivity index (χ4n) is 5.50. The minimum absolute atomic E-state index is 0.0987. The molecule has 1 fully saturated rings. The summed E-state index contributed by atoms with van der Waals surface area (Å²) < 4.78 is 29.0. The summed E-state index contributed by atoms with van der Waals surface area (Å²) >= 11 is 0. The molecule has 1 aliphatic carbocycles. The lowest BCUT2D eigenvalue weighted by Gasteiger charge is -2.34. The molecule has 218 valence electrons. The van der Waals surface area contributed by atoms with Crippen LogP contribution in [0.1, 0.15) is 62.1 Å². The first-order valence-electron chi connectivity index (χ1n) is 14.5. The van der Waals surface area contributed by atoms with Crippen LogP contribution in [0.4, 0.5) is 5.69 Å². The molecule has 0 radical (unpaired) electrons. The van der Waals surface area contributed by atoms with Crippen LogP contribution in [-0.2, 0) is 26.2 Å². The van der Waals surface area contributed by atoms with Crippen LogP contribution in [0.5, 0.6) is 0 Å². The van der Waals surface area contributed by atoms with E-state index in [4.69, 9.17) is 0 Å². The zero-order chi connectivity index (χ0) is 29.4. The Labute approximate surface area is 244 Å². The Bertz CT molecular complexity index is 1440. The van der Waals surface area contributed by atoms with E-state index in [1.165, 1.54) is 18.6 Å². The molecule has 0 spiro atoms. The second kappa shape index (κ2) is 13.8. The van der Waals surface area contributed by atoms with E-state index >= 15 is 0 Å². The maximum Gasteiger partial charge on any atom is 0.264 e. The molecule has 2 amide bonds. The topological polar surface area (TPSA) is 86.8 Å². The largest absolute Gasteiger partial charge is 0.352 e. The maximum absolute atomic E-state index is 14.2. The van der Waals surface area contributed by atoms with Crippen LogP contribution in [0, 0.1) is 13.8 Å². The second-order valence-electron chi connectivity index (χ2n) is 10.9. The molecular weight excluding hydrogens is 534 g/mol. The highest BCUT2D eigenvalue weighted by molar-refractivity contribution is 7.92. The van der Waals surface area contributed by atoms with Crippen molar-refractivity contribution in [2.24, 2.45) is 0 Å². The molecule has 41 heavy (non-hydrogen) atoms. The number of sulfonamides is 1. The van der Waals surface area contributed by atoms with Gasteiger partial charge in [0.15, 0.2) is 0 Å². The van der Waals surface area contributed by atoms with Crippen molar-refractivity contribution >= 4 is 27.5 Å². The first-order chi connectivity index (χ1) is 19.7. The lowest BCUT2D eigenvalue weighted by atomic mass is 9.95. The average Bonchev–Trinajstić information content (AvgIpc) is 2.96. The molecular formula is C33H41N3O4S. The van der Waals surface area contributed by atoms with Crippen molar-refractivity contribution in [2.45, 2.75) is 82.8 Å². The lowest BCUT2D eigenvalue weighted by Crippen LogP contribution is -2.54. The predicted octanol–water partition coefficient (Wildman–Crippen LogP) is 5.76. The highest BCUT2D eigenvalue weighted by Gasteiger charge is 2.34. The van der Waals surface area contributed by atoms with Crippen molar-refractivity contribution in [2.75, 3.05) is 10.8 Å². The Hall–Kier alpha value is -3.65. The summed E-state index contributed by atoms with van der Waals surface area (Å²) in [5.74, 6) is -0.619. The van der Waals surface area contributed by atoms with E-state index in [0.29, 0.717) is 12.1 Å². The molecule has 1 saturated carbocycles. The fourth-order valence-corrected chi connectivity index (χ4v) is 6.93. The molecule has 1 aliphatic rings. The number of hydrogen-bond acceptors (Lipinski definition) is 4. The lowest BCUT2D eigenvalue weighted by molar-refractivity contribution is -0.140. The highest BCUT2D eigenvalue weighted by atomic mass is 32.2. The summed E-state index contributed by atoms with van der Waals surface area (Å²) in [6, 6.07) is 22.4. The normalized spacial score (nSPS) is 14.7. The van der Waals surface area contributed by atoms with Crippen molar-refractivity contribution in [3.63, 3.8) is 0 Å². The van der Waals surface area contributed by atoms with Crippen LogP contribution in [0.25, 0.3) is 0 Å². The molecule has 0 saturated heterocycles. The smallest absolute Gasteiger partial charge is 0.264 e. The van der Waals surface area contributed by atoms with Crippen molar-refractivity contribution in [3.8, 4) is 0 Å². The van der Waals surface area contributed by atoms with Gasteiger partial charge >= 0.3 is 0 Å². The first-order valence-corrected chi connectivity index (χ1v) is 15.9. The van der Waals surface area contributed by atoms with E-state index in [1.807, 2.05) is 51.1 Å². The number of rotatable bonds is 11. The number of carbonyl (C=O) groups excluding carboxylic acids is 2. The van der Waals surface area contributed by atoms with E-state index in [0.717, 1.165) is 46.7 Å². The molecule has 8 heteroatoms. The van der Waals surface area contributed by atoms with Crippen LogP contribution in [-0.4, -0.2) is 43.8 Å². The monoisotopic (exact) mass is 575 g/mol. The van der Waals surface area contributed by atoms with Gasteiger partial charge in [-0.25, -0.2) is 8.42 Å². The molecule has 0 aliphatic heterocycles. The van der Waals surface area contributed by atoms with Crippen molar-refractivity contribution in [1.82, 2.24) is 10.2 Å². The molecule has 1 atom stereocenters. The van der Waals surface area contributed by atoms with Gasteiger partial charge in [0.25, 0.3) is 10.0 Å². The van der Waals surface area contributed by atoms with Gasteiger partial charge in [-0.2, -0.15) is 0 Å². The van der Waals surface area contributed by atoms with Gasteiger partial charge in [0.2, 0.25) is 11.8 Å². The Morgan fingerprint density at radius 2 is 1.54 bits per heavy atom. The molecule has 0 bridgehead atoms. The van der Waals surface area contributed by atoms with Crippen LogP contribution in [0.2, 0.25) is 0 Å². The minimum Gasteiger partial charge on any atom is -0.352 e. The molecule has 1 unspecified atom stereocenters. The van der Waals surface area contributed by atoms with Crippen LogP contribution in [0.3, 0.4) is 0 Å². The summed E-state index contributed by atoms with van der Waals surface area (Å²) in [6.07, 6.45) is 5.61. The maximum atomic E-state index is 14.2. The highest BCUT2D eigenvalue weighted by Crippen LogP contribution is 2.26. The molecule has 3 aromatic rings.